The first kappa shape index (κ1) is 21.1. The highest BCUT2D eigenvalue weighted by atomic mass is 127. The van der Waals surface area contributed by atoms with Gasteiger partial charge >= 0.3 is 11.9 Å². The number of rotatable bonds is 6. The molecule has 0 saturated heterocycles. The van der Waals surface area contributed by atoms with E-state index in [9.17, 15) is 24.3 Å². The van der Waals surface area contributed by atoms with E-state index in [1.807, 2.05) is 6.92 Å². The van der Waals surface area contributed by atoms with Crippen molar-refractivity contribution in [2.75, 3.05) is 0 Å². The summed E-state index contributed by atoms with van der Waals surface area (Å²) in [5.41, 5.74) is -1.54. The molecule has 7 heteroatoms. The van der Waals surface area contributed by atoms with Gasteiger partial charge in [0.15, 0.2) is 23.0 Å². The van der Waals surface area contributed by atoms with Crippen molar-refractivity contribution < 1.29 is 27.4 Å². The molecule has 1 saturated carbocycles. The van der Waals surface area contributed by atoms with Crippen LogP contribution in [0.1, 0.15) is 48.0 Å². The second-order valence-electron chi connectivity index (χ2n) is 8.05. The zero-order valence-electron chi connectivity index (χ0n) is 14.9. The number of ketones is 2. The van der Waals surface area contributed by atoms with Gasteiger partial charge in [0.2, 0.25) is 0 Å². The molecule has 0 aromatic heterocycles. The molecule has 0 amide bonds. The van der Waals surface area contributed by atoms with Crippen LogP contribution in [0.3, 0.4) is 0 Å². The highest BCUT2D eigenvalue weighted by Gasteiger charge is 2.65. The third-order valence-electron chi connectivity index (χ3n) is 5.08. The Balaban J connectivity index is 3.40. The van der Waals surface area contributed by atoms with Gasteiger partial charge in [-0.2, -0.15) is 0 Å². The fourth-order valence-corrected chi connectivity index (χ4v) is 3.47. The summed E-state index contributed by atoms with van der Waals surface area (Å²) in [6.07, 6.45) is 0.530. The molecule has 1 N–H and O–H groups in total. The van der Waals surface area contributed by atoms with Gasteiger partial charge in [0, 0.05) is 22.7 Å². The van der Waals surface area contributed by atoms with E-state index >= 15 is 0 Å². The van der Waals surface area contributed by atoms with E-state index < -0.39 is 46.4 Å². The molecular weight excluding hydrogens is 427 g/mol. The van der Waals surface area contributed by atoms with Crippen molar-refractivity contribution >= 4 is 46.5 Å². The molecule has 0 spiro atoms. The van der Waals surface area contributed by atoms with Gasteiger partial charge in [0.05, 0.1) is 11.8 Å². The van der Waals surface area contributed by atoms with Gasteiger partial charge in [-0.3, -0.25) is 19.2 Å². The second kappa shape index (κ2) is 7.09. The van der Waals surface area contributed by atoms with Crippen LogP contribution in [0.5, 0.6) is 0 Å². The summed E-state index contributed by atoms with van der Waals surface area (Å²) in [6.45, 7) is 10.4. The lowest BCUT2D eigenvalue weighted by molar-refractivity contribution is -0.182. The van der Waals surface area contributed by atoms with Gasteiger partial charge in [-0.25, -0.2) is 0 Å². The van der Waals surface area contributed by atoms with Crippen LogP contribution < -0.4 is 0 Å². The van der Waals surface area contributed by atoms with E-state index in [-0.39, 0.29) is 11.6 Å². The normalized spacial score (nSPS) is 27.1. The van der Waals surface area contributed by atoms with Gasteiger partial charge in [-0.1, -0.05) is 41.5 Å². The molecule has 4 unspecified atom stereocenters. The summed E-state index contributed by atoms with van der Waals surface area (Å²) >= 11 is 1.38. The van der Waals surface area contributed by atoms with Gasteiger partial charge in [0.1, 0.15) is 11.6 Å². The van der Waals surface area contributed by atoms with E-state index in [2.05, 4.69) is 3.07 Å². The third kappa shape index (κ3) is 3.65. The van der Waals surface area contributed by atoms with Crippen LogP contribution in [-0.4, -0.2) is 28.6 Å². The smallest absolute Gasteiger partial charge is 0.320 e. The SMILES string of the molecule is CCC(C)(C)C(=O)C1C(C(=O)OI)C(C(=O)O)C1C(=O)C(C)(C)C. The maximum atomic E-state index is 13.0. The van der Waals surface area contributed by atoms with Crippen molar-refractivity contribution in [3.8, 4) is 0 Å². The first-order chi connectivity index (χ1) is 10.8. The quantitative estimate of drug-likeness (QED) is 0.623. The van der Waals surface area contributed by atoms with Crippen LogP contribution in [0.2, 0.25) is 0 Å². The molecule has 4 atom stereocenters. The largest absolute Gasteiger partial charge is 0.481 e. The summed E-state index contributed by atoms with van der Waals surface area (Å²) < 4.78 is 4.68. The number of hydrogen-bond donors (Lipinski definition) is 1. The predicted octanol–water partition coefficient (Wildman–Crippen LogP) is 3.06. The highest BCUT2D eigenvalue weighted by molar-refractivity contribution is 14.1. The molecule has 0 heterocycles. The van der Waals surface area contributed by atoms with Crippen molar-refractivity contribution in [3.05, 3.63) is 0 Å². The van der Waals surface area contributed by atoms with Crippen molar-refractivity contribution in [1.82, 2.24) is 0 Å². The Morgan fingerprint density at radius 1 is 0.917 bits per heavy atom. The van der Waals surface area contributed by atoms with Gasteiger partial charge in [-0.05, 0) is 6.42 Å². The molecular formula is C17H25IO6. The Kier molecular flexibility index (Phi) is 6.22. The van der Waals surface area contributed by atoms with Crippen LogP contribution >= 0.6 is 23.0 Å². The minimum Gasteiger partial charge on any atom is -0.481 e. The van der Waals surface area contributed by atoms with Gasteiger partial charge in [0.25, 0.3) is 0 Å². The van der Waals surface area contributed by atoms with Crippen LogP contribution in [-0.2, 0) is 22.2 Å². The lowest BCUT2D eigenvalue weighted by atomic mass is 9.49. The molecule has 1 rings (SSSR count). The van der Waals surface area contributed by atoms with E-state index in [0.29, 0.717) is 6.42 Å². The number of aliphatic carboxylic acids is 1. The van der Waals surface area contributed by atoms with Gasteiger partial charge < -0.3 is 8.17 Å². The molecule has 24 heavy (non-hydrogen) atoms. The Hall–Kier alpha value is -0.990. The Morgan fingerprint density at radius 3 is 1.71 bits per heavy atom. The Bertz CT molecular complexity index is 560. The maximum absolute atomic E-state index is 13.0. The first-order valence-electron chi connectivity index (χ1n) is 7.95. The summed E-state index contributed by atoms with van der Waals surface area (Å²) in [5, 5.41) is 9.52. The van der Waals surface area contributed by atoms with Crippen LogP contribution in [0.25, 0.3) is 0 Å². The molecule has 0 bridgehead atoms. The summed E-state index contributed by atoms with van der Waals surface area (Å²) in [4.78, 5) is 49.5. The average Bonchev–Trinajstić information content (AvgIpc) is 2.44. The second-order valence-corrected chi connectivity index (χ2v) is 8.49. The lowest BCUT2D eigenvalue weighted by Crippen LogP contribution is -2.63. The van der Waals surface area contributed by atoms with E-state index in [1.165, 1.54) is 23.0 Å². The number of hydrogen-bond acceptors (Lipinski definition) is 5. The number of halogens is 1. The van der Waals surface area contributed by atoms with Gasteiger partial charge in [-0.15, -0.1) is 0 Å². The fraction of sp³-hybridized carbons (Fsp3) is 0.765. The zero-order chi connectivity index (χ0) is 19.0. The van der Waals surface area contributed by atoms with Crippen LogP contribution in [0.4, 0.5) is 0 Å². The molecule has 0 aliphatic heterocycles. The molecule has 6 nitrogen and oxygen atoms in total. The summed E-state index contributed by atoms with van der Waals surface area (Å²) in [5.74, 6) is -6.85. The molecule has 1 aliphatic rings. The monoisotopic (exact) mass is 452 g/mol. The average molecular weight is 452 g/mol. The minimum atomic E-state index is -1.25. The number of carbonyl (C=O) groups excluding carboxylic acids is 3. The maximum Gasteiger partial charge on any atom is 0.320 e. The molecule has 0 aromatic carbocycles. The molecule has 0 radical (unpaired) electrons. The number of carbonyl (C=O) groups is 4. The summed E-state index contributed by atoms with van der Waals surface area (Å²) in [7, 11) is 0. The van der Waals surface area contributed by atoms with Crippen molar-refractivity contribution in [2.24, 2.45) is 34.5 Å². The van der Waals surface area contributed by atoms with Crippen LogP contribution in [0, 0.1) is 34.5 Å². The highest BCUT2D eigenvalue weighted by Crippen LogP contribution is 2.53. The van der Waals surface area contributed by atoms with E-state index in [1.54, 1.807) is 34.6 Å². The standard InChI is InChI=1S/C17H25IO6/c1-7-17(5,6)13(20)9-8(12(19)16(2,3)4)10(14(21)22)11(9)15(23)24-18/h8-11H,7H2,1-6H3,(H,21,22). The first-order valence-corrected chi connectivity index (χ1v) is 8.83. The number of carboxylic acids is 1. The van der Waals surface area contributed by atoms with E-state index in [4.69, 9.17) is 0 Å². The number of carboxylic acid groups (broad SMARTS) is 1. The van der Waals surface area contributed by atoms with Crippen molar-refractivity contribution in [3.63, 3.8) is 0 Å². The third-order valence-corrected chi connectivity index (χ3v) is 5.51. The zero-order valence-corrected chi connectivity index (χ0v) is 17.0. The Morgan fingerprint density at radius 2 is 1.38 bits per heavy atom. The molecule has 136 valence electrons. The topological polar surface area (TPSA) is 97.7 Å². The van der Waals surface area contributed by atoms with Crippen molar-refractivity contribution in [2.45, 2.75) is 48.0 Å². The fourth-order valence-electron chi connectivity index (χ4n) is 3.18. The number of Topliss-reactive ketones (excluding diaryl/α,β-unsaturated/α-hetero) is 2. The van der Waals surface area contributed by atoms with E-state index in [0.717, 1.165) is 0 Å². The van der Waals surface area contributed by atoms with Crippen molar-refractivity contribution in [1.29, 1.82) is 0 Å². The summed E-state index contributed by atoms with van der Waals surface area (Å²) in [6, 6.07) is 0. The predicted molar refractivity (Wildman–Crippen MR) is 95.2 cm³/mol. The lowest BCUT2D eigenvalue weighted by Gasteiger charge is -2.49. The molecule has 1 aliphatic carbocycles. The molecule has 0 aromatic rings. The molecule has 1 fully saturated rings. The Labute approximate surface area is 156 Å². The van der Waals surface area contributed by atoms with Crippen LogP contribution in [0.15, 0.2) is 0 Å². The minimum absolute atomic E-state index is 0.253.